The molecule has 0 radical (unpaired) electrons. The number of hydrogen-bond acceptors (Lipinski definition) is 3. The van der Waals surface area contributed by atoms with Gasteiger partial charge in [-0.25, -0.2) is 26.3 Å². The lowest BCUT2D eigenvalue weighted by Crippen LogP contribution is -2.68. The van der Waals surface area contributed by atoms with Crippen LogP contribution in [-0.2, 0) is 13.3 Å². The average Bonchev–Trinajstić information content (AvgIpc) is 2.49. The third-order valence-electron chi connectivity index (χ3n) is 2.93. The Bertz CT molecular complexity index is 466. The minimum atomic E-state index is -4.91. The predicted molar refractivity (Wildman–Crippen MR) is 67.9 cm³/mol. The molecule has 0 heterocycles. The van der Waals surface area contributed by atoms with E-state index in [1.807, 2.05) is 0 Å². The Morgan fingerprint density at radius 3 is 1.68 bits per heavy atom. The highest BCUT2D eigenvalue weighted by molar-refractivity contribution is 6.65. The van der Waals surface area contributed by atoms with Gasteiger partial charge in [-0.1, -0.05) is 0 Å². The van der Waals surface area contributed by atoms with Gasteiger partial charge in [0, 0.05) is 19.8 Å². The molecule has 0 spiro atoms. The number of hydrogen-bond donors (Lipinski definition) is 0. The first-order valence-electron chi connectivity index (χ1n) is 6.59. The van der Waals surface area contributed by atoms with E-state index in [9.17, 15) is 22.0 Å². The molecular formula is C12H16F6O3Si. The smallest absolute Gasteiger partial charge is 0.372 e. The highest BCUT2D eigenvalue weighted by Gasteiger charge is 2.74. The fourth-order valence-electron chi connectivity index (χ4n) is 2.06. The van der Waals surface area contributed by atoms with Crippen LogP contribution in [0.1, 0.15) is 20.8 Å². The van der Waals surface area contributed by atoms with Gasteiger partial charge in [-0.15, -0.1) is 0 Å². The van der Waals surface area contributed by atoms with Gasteiger partial charge in [-0.2, -0.15) is 0 Å². The summed E-state index contributed by atoms with van der Waals surface area (Å²) in [5, 5.41) is -4.04. The van der Waals surface area contributed by atoms with Crippen LogP contribution < -0.4 is 0 Å². The maximum atomic E-state index is 15.1. The topological polar surface area (TPSA) is 27.7 Å². The van der Waals surface area contributed by atoms with Crippen molar-refractivity contribution in [1.29, 1.82) is 0 Å². The van der Waals surface area contributed by atoms with Crippen LogP contribution in [0.4, 0.5) is 26.3 Å². The molecular weight excluding hydrogens is 334 g/mol. The van der Waals surface area contributed by atoms with E-state index in [2.05, 4.69) is 0 Å². The van der Waals surface area contributed by atoms with E-state index in [-0.39, 0.29) is 19.8 Å². The summed E-state index contributed by atoms with van der Waals surface area (Å²) in [5.41, 5.74) is 0. The van der Waals surface area contributed by atoms with Crippen molar-refractivity contribution in [3.05, 3.63) is 23.3 Å². The Morgan fingerprint density at radius 2 is 1.32 bits per heavy atom. The fourth-order valence-corrected chi connectivity index (χ4v) is 4.89. The van der Waals surface area contributed by atoms with Crippen LogP contribution in [0.5, 0.6) is 0 Å². The van der Waals surface area contributed by atoms with Crippen molar-refractivity contribution in [2.24, 2.45) is 0 Å². The van der Waals surface area contributed by atoms with Crippen LogP contribution in [0, 0.1) is 0 Å². The minimum absolute atomic E-state index is 0.298. The number of rotatable bonds is 7. The van der Waals surface area contributed by atoms with Gasteiger partial charge in [-0.05, 0) is 20.8 Å². The van der Waals surface area contributed by atoms with Crippen molar-refractivity contribution in [2.75, 3.05) is 19.8 Å². The lowest BCUT2D eigenvalue weighted by Gasteiger charge is -2.40. The monoisotopic (exact) mass is 350 g/mol. The van der Waals surface area contributed by atoms with Crippen molar-refractivity contribution in [3.8, 4) is 0 Å². The minimum Gasteiger partial charge on any atom is -0.372 e. The van der Waals surface area contributed by atoms with E-state index in [0.717, 1.165) is 0 Å². The highest BCUT2D eigenvalue weighted by atomic mass is 28.4. The molecule has 0 aromatic heterocycles. The van der Waals surface area contributed by atoms with Gasteiger partial charge in [0.25, 0.3) is 5.29 Å². The molecule has 0 aromatic carbocycles. The first kappa shape index (κ1) is 19.2. The second-order valence-electron chi connectivity index (χ2n) is 4.22. The van der Waals surface area contributed by atoms with Crippen LogP contribution in [0.2, 0.25) is 0 Å². The molecule has 1 aliphatic carbocycles. The van der Waals surface area contributed by atoms with E-state index in [4.69, 9.17) is 13.3 Å². The standard InChI is InChI=1S/C12H16F6O3Si/c1-4-19-22(20-5-2,21-6-3)12(18)10(16)8(14)7(13)9(15)11(12)17/h10H,4-6H2,1-3H3/t10-,12+/m0/s1. The highest BCUT2D eigenvalue weighted by Crippen LogP contribution is 2.49. The maximum Gasteiger partial charge on any atom is 0.551 e. The zero-order chi connectivity index (χ0) is 17.1. The molecule has 0 N–H and O–H groups in total. The maximum absolute atomic E-state index is 15.1. The Morgan fingerprint density at radius 1 is 0.909 bits per heavy atom. The van der Waals surface area contributed by atoms with Crippen LogP contribution >= 0.6 is 0 Å². The number of alkyl halides is 2. The molecule has 0 unspecified atom stereocenters. The lowest BCUT2D eigenvalue weighted by atomic mass is 10.1. The zero-order valence-electron chi connectivity index (χ0n) is 12.2. The van der Waals surface area contributed by atoms with E-state index >= 15 is 4.39 Å². The summed E-state index contributed by atoms with van der Waals surface area (Å²) in [7, 11) is -4.91. The third-order valence-corrected chi connectivity index (χ3v) is 6.31. The number of allylic oxidation sites excluding steroid dienone is 4. The summed E-state index contributed by atoms with van der Waals surface area (Å²) in [6.45, 7) is 3.16. The van der Waals surface area contributed by atoms with Crippen molar-refractivity contribution < 1.29 is 39.6 Å². The van der Waals surface area contributed by atoms with E-state index in [1.54, 1.807) is 0 Å². The van der Waals surface area contributed by atoms with Crippen LogP contribution in [0.15, 0.2) is 23.3 Å². The Labute approximate surface area is 124 Å². The molecule has 0 fully saturated rings. The van der Waals surface area contributed by atoms with Crippen LogP contribution in [0.3, 0.4) is 0 Å². The Hall–Kier alpha value is -0.843. The summed E-state index contributed by atoms with van der Waals surface area (Å²) < 4.78 is 98.0. The lowest BCUT2D eigenvalue weighted by molar-refractivity contribution is -0.0156. The third kappa shape index (κ3) is 2.72. The normalized spacial score (nSPS) is 26.9. The molecule has 0 aliphatic heterocycles. The molecule has 10 heteroatoms. The summed E-state index contributed by atoms with van der Waals surface area (Å²) >= 11 is 0. The van der Waals surface area contributed by atoms with E-state index in [0.29, 0.717) is 0 Å². The van der Waals surface area contributed by atoms with Gasteiger partial charge in [0.15, 0.2) is 29.5 Å². The first-order chi connectivity index (χ1) is 10.2. The Balaban J connectivity index is 3.56. The molecule has 1 rings (SSSR count). The van der Waals surface area contributed by atoms with Gasteiger partial charge in [-0.3, -0.25) is 0 Å². The van der Waals surface area contributed by atoms with Crippen molar-refractivity contribution in [2.45, 2.75) is 32.2 Å². The van der Waals surface area contributed by atoms with E-state index < -0.39 is 43.6 Å². The molecule has 0 bridgehead atoms. The second-order valence-corrected chi connectivity index (χ2v) is 6.93. The first-order valence-corrected chi connectivity index (χ1v) is 8.31. The van der Waals surface area contributed by atoms with Gasteiger partial charge >= 0.3 is 8.80 Å². The SMILES string of the molecule is CCO[Si](OCC)(OCC)[C@@]1(F)C(F)=C(F)C(F)=C(F)[C@@H]1F. The van der Waals surface area contributed by atoms with Crippen LogP contribution in [-0.4, -0.2) is 40.1 Å². The van der Waals surface area contributed by atoms with Crippen molar-refractivity contribution in [3.63, 3.8) is 0 Å². The quantitative estimate of drug-likeness (QED) is 0.514. The van der Waals surface area contributed by atoms with Gasteiger partial charge < -0.3 is 13.3 Å². The van der Waals surface area contributed by atoms with E-state index in [1.165, 1.54) is 20.8 Å². The largest absolute Gasteiger partial charge is 0.551 e. The zero-order valence-corrected chi connectivity index (χ0v) is 13.2. The molecule has 2 atom stereocenters. The molecule has 0 saturated carbocycles. The molecule has 3 nitrogen and oxygen atoms in total. The predicted octanol–water partition coefficient (Wildman–Crippen LogP) is 3.94. The Kier molecular flexibility index (Phi) is 6.24. The summed E-state index contributed by atoms with van der Waals surface area (Å²) in [5.74, 6) is -9.77. The summed E-state index contributed by atoms with van der Waals surface area (Å²) in [6, 6.07) is 0. The van der Waals surface area contributed by atoms with Gasteiger partial charge in [0.05, 0.1) is 0 Å². The molecule has 22 heavy (non-hydrogen) atoms. The van der Waals surface area contributed by atoms with Crippen molar-refractivity contribution >= 4 is 8.80 Å². The molecule has 1 aliphatic rings. The fraction of sp³-hybridized carbons (Fsp3) is 0.667. The summed E-state index contributed by atoms with van der Waals surface area (Å²) in [4.78, 5) is 0. The number of halogens is 6. The molecule has 128 valence electrons. The van der Waals surface area contributed by atoms with Crippen molar-refractivity contribution in [1.82, 2.24) is 0 Å². The van der Waals surface area contributed by atoms with Gasteiger partial charge in [0.1, 0.15) is 0 Å². The van der Waals surface area contributed by atoms with Gasteiger partial charge in [0.2, 0.25) is 0 Å². The molecule has 0 saturated heterocycles. The van der Waals surface area contributed by atoms with Crippen LogP contribution in [0.25, 0.3) is 0 Å². The summed E-state index contributed by atoms with van der Waals surface area (Å²) in [6.07, 6.45) is -3.48. The second kappa shape index (κ2) is 7.15. The molecule has 0 amide bonds. The average molecular weight is 350 g/mol. The molecule has 0 aromatic rings.